The molecule has 0 amide bonds. The Bertz CT molecular complexity index is 1280. The Hall–Kier alpha value is -2.63. The minimum absolute atomic E-state index is 0.0742. The highest BCUT2D eigenvalue weighted by molar-refractivity contribution is 5.71. The number of hydrogen-bond acceptors (Lipinski definition) is 6. The molecule has 0 heterocycles. The maximum Gasteiger partial charge on any atom is 0.306 e. The molecule has 6 nitrogen and oxygen atoms in total. The topological polar surface area (TPSA) is 78.9 Å². The van der Waals surface area contributed by atoms with Gasteiger partial charge in [0.2, 0.25) is 0 Å². The summed E-state index contributed by atoms with van der Waals surface area (Å²) < 4.78 is 16.9. The van der Waals surface area contributed by atoms with Crippen LogP contribution in [0.25, 0.3) is 0 Å². The lowest BCUT2D eigenvalue weighted by molar-refractivity contribution is -0.167. The third-order valence-electron chi connectivity index (χ3n) is 14.6. The molecule has 0 aliphatic carbocycles. The standard InChI is InChI=1S/C68H124O6/c1-4-7-10-13-16-19-22-24-26-27-28-29-30-31-32-33-34-35-36-37-38-39-40-41-42-44-46-49-52-55-58-61-67(70)73-64-65(63-72-66(69)60-57-54-51-48-45-21-18-15-12-9-6-3)74-68(71)62-59-56-53-50-47-43-25-23-20-17-14-11-8-5-2/h14,17,22-25,27-28,65H,4-13,15-16,18-21,26,29-64H2,1-3H3/b17-14-,24-22-,25-23-,28-27-. The first kappa shape index (κ1) is 71.4. The highest BCUT2D eigenvalue weighted by atomic mass is 16.6. The zero-order valence-electron chi connectivity index (χ0n) is 49.6. The van der Waals surface area contributed by atoms with Crippen LogP contribution in [-0.4, -0.2) is 37.2 Å². The van der Waals surface area contributed by atoms with Crippen LogP contribution in [0.3, 0.4) is 0 Å². The number of unbranched alkanes of at least 4 members (excludes halogenated alkanes) is 41. The Morgan fingerprint density at radius 3 is 0.784 bits per heavy atom. The maximum atomic E-state index is 12.8. The van der Waals surface area contributed by atoms with Crippen LogP contribution in [0.1, 0.15) is 348 Å². The fourth-order valence-electron chi connectivity index (χ4n) is 9.61. The Balaban J connectivity index is 4.09. The van der Waals surface area contributed by atoms with E-state index in [4.69, 9.17) is 14.2 Å². The molecule has 0 aromatic carbocycles. The number of rotatable bonds is 60. The predicted octanol–water partition coefficient (Wildman–Crippen LogP) is 22.2. The minimum Gasteiger partial charge on any atom is -0.462 e. The Kier molecular flexibility index (Phi) is 60.7. The lowest BCUT2D eigenvalue weighted by atomic mass is 10.0. The molecule has 0 radical (unpaired) electrons. The summed E-state index contributed by atoms with van der Waals surface area (Å²) in [5, 5.41) is 0. The number of hydrogen-bond donors (Lipinski definition) is 0. The number of carbonyl (C=O) groups is 3. The summed E-state index contributed by atoms with van der Waals surface area (Å²) in [5.74, 6) is -0.870. The normalized spacial score (nSPS) is 12.3. The van der Waals surface area contributed by atoms with Crippen LogP contribution < -0.4 is 0 Å². The van der Waals surface area contributed by atoms with Gasteiger partial charge in [-0.15, -0.1) is 0 Å². The zero-order valence-corrected chi connectivity index (χ0v) is 49.6. The molecular formula is C68H124O6. The van der Waals surface area contributed by atoms with Gasteiger partial charge in [-0.1, -0.05) is 301 Å². The third-order valence-corrected chi connectivity index (χ3v) is 14.6. The second-order valence-corrected chi connectivity index (χ2v) is 22.0. The molecule has 432 valence electrons. The molecule has 1 atom stereocenters. The molecule has 0 aliphatic rings. The number of esters is 3. The molecule has 0 spiro atoms. The summed E-state index contributed by atoms with van der Waals surface area (Å²) in [6, 6.07) is 0. The van der Waals surface area contributed by atoms with Crippen LogP contribution in [0.5, 0.6) is 0 Å². The molecule has 0 aromatic heterocycles. The predicted molar refractivity (Wildman–Crippen MR) is 321 cm³/mol. The fraction of sp³-hybridized carbons (Fsp3) is 0.838. The van der Waals surface area contributed by atoms with Gasteiger partial charge in [-0.3, -0.25) is 14.4 Å². The van der Waals surface area contributed by atoms with E-state index in [1.54, 1.807) is 0 Å². The van der Waals surface area contributed by atoms with Crippen LogP contribution in [0.4, 0.5) is 0 Å². The van der Waals surface area contributed by atoms with E-state index in [1.807, 2.05) is 0 Å². The van der Waals surface area contributed by atoms with Gasteiger partial charge in [0, 0.05) is 19.3 Å². The van der Waals surface area contributed by atoms with E-state index in [0.717, 1.165) is 89.9 Å². The first-order valence-corrected chi connectivity index (χ1v) is 32.6. The van der Waals surface area contributed by atoms with Gasteiger partial charge in [-0.25, -0.2) is 0 Å². The van der Waals surface area contributed by atoms with Crippen molar-refractivity contribution in [3.63, 3.8) is 0 Å². The summed E-state index contributed by atoms with van der Waals surface area (Å²) in [6.07, 6.45) is 78.5. The van der Waals surface area contributed by atoms with Gasteiger partial charge in [0.1, 0.15) is 13.2 Å². The average Bonchev–Trinajstić information content (AvgIpc) is 3.40. The molecule has 0 bridgehead atoms. The first-order valence-electron chi connectivity index (χ1n) is 32.6. The van der Waals surface area contributed by atoms with Gasteiger partial charge in [-0.2, -0.15) is 0 Å². The Morgan fingerprint density at radius 2 is 0.500 bits per heavy atom. The molecule has 74 heavy (non-hydrogen) atoms. The SMILES string of the molecule is CCCC/C=C\C/C=C\CCCCCCCC(=O)OC(COC(=O)CCCCCCCCCCCCC)COC(=O)CCCCCCCCCCCCCCCCCCCCC/C=C\C/C=C\CCCCCCC. The molecule has 0 N–H and O–H groups in total. The molecule has 0 saturated carbocycles. The van der Waals surface area contributed by atoms with E-state index < -0.39 is 6.10 Å². The van der Waals surface area contributed by atoms with Crippen molar-refractivity contribution in [2.75, 3.05) is 13.2 Å². The van der Waals surface area contributed by atoms with E-state index in [2.05, 4.69) is 69.4 Å². The molecule has 0 saturated heterocycles. The summed E-state index contributed by atoms with van der Waals surface area (Å²) in [5.41, 5.74) is 0. The second kappa shape index (κ2) is 62.9. The molecule has 6 heteroatoms. The summed E-state index contributed by atoms with van der Waals surface area (Å²) in [7, 11) is 0. The minimum atomic E-state index is -0.776. The third kappa shape index (κ3) is 60.2. The van der Waals surface area contributed by atoms with Crippen molar-refractivity contribution in [3.8, 4) is 0 Å². The molecular weight excluding hydrogens is 913 g/mol. The lowest BCUT2D eigenvalue weighted by Crippen LogP contribution is -2.30. The maximum absolute atomic E-state index is 12.8. The van der Waals surface area contributed by atoms with Gasteiger partial charge in [0.05, 0.1) is 0 Å². The van der Waals surface area contributed by atoms with Gasteiger partial charge in [-0.05, 0) is 77.0 Å². The van der Waals surface area contributed by atoms with Crippen molar-refractivity contribution in [2.45, 2.75) is 354 Å². The van der Waals surface area contributed by atoms with Crippen LogP contribution >= 0.6 is 0 Å². The lowest BCUT2D eigenvalue weighted by Gasteiger charge is -2.18. The number of ether oxygens (including phenoxy) is 3. The second-order valence-electron chi connectivity index (χ2n) is 22.0. The number of allylic oxidation sites excluding steroid dienone is 8. The van der Waals surface area contributed by atoms with Crippen LogP contribution in [0, 0.1) is 0 Å². The van der Waals surface area contributed by atoms with Crippen molar-refractivity contribution in [3.05, 3.63) is 48.6 Å². The highest BCUT2D eigenvalue weighted by Crippen LogP contribution is 2.17. The monoisotopic (exact) mass is 1040 g/mol. The van der Waals surface area contributed by atoms with Crippen LogP contribution in [0.2, 0.25) is 0 Å². The van der Waals surface area contributed by atoms with Gasteiger partial charge in [0.15, 0.2) is 6.10 Å². The molecule has 0 rings (SSSR count). The summed E-state index contributed by atoms with van der Waals surface area (Å²) in [4.78, 5) is 38.2. The van der Waals surface area contributed by atoms with E-state index in [9.17, 15) is 14.4 Å². The largest absolute Gasteiger partial charge is 0.462 e. The first-order chi connectivity index (χ1) is 36.5. The smallest absolute Gasteiger partial charge is 0.306 e. The van der Waals surface area contributed by atoms with E-state index in [1.165, 1.54) is 218 Å². The van der Waals surface area contributed by atoms with Crippen molar-refractivity contribution < 1.29 is 28.6 Å². The fourth-order valence-corrected chi connectivity index (χ4v) is 9.61. The summed E-state index contributed by atoms with van der Waals surface area (Å²) in [6.45, 7) is 6.61. The van der Waals surface area contributed by atoms with Crippen molar-refractivity contribution in [1.29, 1.82) is 0 Å². The van der Waals surface area contributed by atoms with E-state index >= 15 is 0 Å². The van der Waals surface area contributed by atoms with Gasteiger partial charge >= 0.3 is 17.9 Å². The van der Waals surface area contributed by atoms with Crippen molar-refractivity contribution in [1.82, 2.24) is 0 Å². The Morgan fingerprint density at radius 1 is 0.270 bits per heavy atom. The van der Waals surface area contributed by atoms with Gasteiger partial charge in [0.25, 0.3) is 0 Å². The summed E-state index contributed by atoms with van der Waals surface area (Å²) >= 11 is 0. The van der Waals surface area contributed by atoms with Crippen molar-refractivity contribution in [2.24, 2.45) is 0 Å². The van der Waals surface area contributed by atoms with Crippen LogP contribution in [-0.2, 0) is 28.6 Å². The van der Waals surface area contributed by atoms with Gasteiger partial charge < -0.3 is 14.2 Å². The van der Waals surface area contributed by atoms with Crippen molar-refractivity contribution >= 4 is 17.9 Å². The molecule has 0 aromatic rings. The van der Waals surface area contributed by atoms with E-state index in [0.29, 0.717) is 19.3 Å². The Labute approximate surface area is 460 Å². The quantitative estimate of drug-likeness (QED) is 0.0261. The molecule has 1 unspecified atom stereocenters. The zero-order chi connectivity index (χ0) is 53.6. The molecule has 0 aliphatic heterocycles. The van der Waals surface area contributed by atoms with E-state index in [-0.39, 0.29) is 31.1 Å². The number of carbonyl (C=O) groups excluding carboxylic acids is 3. The highest BCUT2D eigenvalue weighted by Gasteiger charge is 2.19. The average molecular weight is 1040 g/mol. The molecule has 0 fully saturated rings. The van der Waals surface area contributed by atoms with Crippen LogP contribution in [0.15, 0.2) is 48.6 Å².